The van der Waals surface area contributed by atoms with E-state index in [4.69, 9.17) is 10.5 Å². The van der Waals surface area contributed by atoms with Gasteiger partial charge in [-0.2, -0.15) is 0 Å². The lowest BCUT2D eigenvalue weighted by Gasteiger charge is -2.20. The van der Waals surface area contributed by atoms with Gasteiger partial charge in [0.05, 0.1) is 17.3 Å². The zero-order chi connectivity index (χ0) is 14.5. The molecule has 0 bridgehead atoms. The van der Waals surface area contributed by atoms with Crippen molar-refractivity contribution >= 4 is 11.3 Å². The quantitative estimate of drug-likeness (QED) is 0.859. The first kappa shape index (κ1) is 15.0. The van der Waals surface area contributed by atoms with Gasteiger partial charge in [-0.1, -0.05) is 12.1 Å². The minimum absolute atomic E-state index is 0.160. The molecule has 108 valence electrons. The van der Waals surface area contributed by atoms with Gasteiger partial charge in [0.2, 0.25) is 0 Å². The van der Waals surface area contributed by atoms with Crippen LogP contribution in [0.4, 0.5) is 0 Å². The molecule has 2 unspecified atom stereocenters. The molecular weight excluding hydrogens is 272 g/mol. The third kappa shape index (κ3) is 3.36. The van der Waals surface area contributed by atoms with Gasteiger partial charge in [0.1, 0.15) is 11.9 Å². The fourth-order valence-electron chi connectivity index (χ4n) is 2.15. The number of aliphatic hydroxyl groups excluding tert-OH is 1. The minimum Gasteiger partial charge on any atom is -0.494 e. The number of benzene rings is 1. The summed E-state index contributed by atoms with van der Waals surface area (Å²) in [5.74, 6) is 0.665. The van der Waals surface area contributed by atoms with E-state index in [0.29, 0.717) is 18.8 Å². The molecule has 4 nitrogen and oxygen atoms in total. The number of hydrogen-bond acceptors (Lipinski definition) is 5. The summed E-state index contributed by atoms with van der Waals surface area (Å²) in [5.41, 5.74) is 7.52. The Hall–Kier alpha value is -1.43. The Bertz CT molecular complexity index is 539. The number of nitrogens with zero attached hydrogens (tertiary/aromatic N) is 1. The van der Waals surface area contributed by atoms with Crippen molar-refractivity contribution < 1.29 is 9.84 Å². The van der Waals surface area contributed by atoms with Crippen molar-refractivity contribution in [2.75, 3.05) is 13.2 Å². The summed E-state index contributed by atoms with van der Waals surface area (Å²) >= 11 is 1.53. The average Bonchev–Trinajstić information content (AvgIpc) is 2.88. The van der Waals surface area contributed by atoms with Gasteiger partial charge < -0.3 is 15.6 Å². The number of thiazole rings is 1. The van der Waals surface area contributed by atoms with Gasteiger partial charge in [-0.15, -0.1) is 11.3 Å². The Morgan fingerprint density at radius 1 is 1.35 bits per heavy atom. The molecular formula is C15H20N2O2S. The van der Waals surface area contributed by atoms with Gasteiger partial charge in [-0.3, -0.25) is 0 Å². The van der Waals surface area contributed by atoms with Gasteiger partial charge in [0, 0.05) is 17.8 Å². The first-order valence-corrected chi connectivity index (χ1v) is 7.56. The van der Waals surface area contributed by atoms with Crippen LogP contribution in [0.5, 0.6) is 5.75 Å². The SMILES string of the molecule is CCOc1ccc(C(CN)C(O)c2csc(C)n2)cc1. The molecule has 0 fully saturated rings. The lowest BCUT2D eigenvalue weighted by Crippen LogP contribution is -2.20. The lowest BCUT2D eigenvalue weighted by molar-refractivity contribution is 0.143. The second kappa shape index (κ2) is 6.83. The third-order valence-electron chi connectivity index (χ3n) is 3.19. The Morgan fingerprint density at radius 3 is 2.55 bits per heavy atom. The van der Waals surface area contributed by atoms with E-state index in [1.807, 2.05) is 43.5 Å². The monoisotopic (exact) mass is 292 g/mol. The Morgan fingerprint density at radius 2 is 2.05 bits per heavy atom. The van der Waals surface area contributed by atoms with E-state index in [0.717, 1.165) is 16.3 Å². The highest BCUT2D eigenvalue weighted by Gasteiger charge is 2.23. The van der Waals surface area contributed by atoms with E-state index in [1.54, 1.807) is 0 Å². The van der Waals surface area contributed by atoms with E-state index in [1.165, 1.54) is 11.3 Å². The Kier molecular flexibility index (Phi) is 5.11. The Balaban J connectivity index is 2.18. The van der Waals surface area contributed by atoms with Gasteiger partial charge in [0.25, 0.3) is 0 Å². The van der Waals surface area contributed by atoms with Crippen LogP contribution >= 0.6 is 11.3 Å². The number of rotatable bonds is 6. The molecule has 0 amide bonds. The molecule has 3 N–H and O–H groups in total. The summed E-state index contributed by atoms with van der Waals surface area (Å²) in [4.78, 5) is 4.34. The van der Waals surface area contributed by atoms with Crippen molar-refractivity contribution in [2.24, 2.45) is 5.73 Å². The second-order valence-electron chi connectivity index (χ2n) is 4.58. The molecule has 0 aliphatic carbocycles. The zero-order valence-corrected chi connectivity index (χ0v) is 12.6. The molecule has 0 saturated heterocycles. The molecule has 0 radical (unpaired) electrons. The first-order valence-electron chi connectivity index (χ1n) is 6.68. The molecule has 1 aromatic carbocycles. The summed E-state index contributed by atoms with van der Waals surface area (Å²) in [6.45, 7) is 4.88. The number of hydrogen-bond donors (Lipinski definition) is 2. The number of ether oxygens (including phenoxy) is 1. The summed E-state index contributed by atoms with van der Waals surface area (Å²) in [6.07, 6.45) is -0.678. The van der Waals surface area contributed by atoms with Crippen LogP contribution in [0, 0.1) is 6.92 Å². The number of aromatic nitrogens is 1. The van der Waals surface area contributed by atoms with Gasteiger partial charge in [0.15, 0.2) is 0 Å². The van der Waals surface area contributed by atoms with E-state index >= 15 is 0 Å². The number of aliphatic hydroxyl groups is 1. The maximum Gasteiger partial charge on any atom is 0.119 e. The number of nitrogens with two attached hydrogens (primary N) is 1. The highest BCUT2D eigenvalue weighted by molar-refractivity contribution is 7.09. The topological polar surface area (TPSA) is 68.4 Å². The highest BCUT2D eigenvalue weighted by atomic mass is 32.1. The molecule has 1 heterocycles. The van der Waals surface area contributed by atoms with Crippen molar-refractivity contribution in [1.82, 2.24) is 4.98 Å². The zero-order valence-electron chi connectivity index (χ0n) is 11.7. The Labute approximate surface area is 123 Å². The van der Waals surface area contributed by atoms with Crippen LogP contribution in [-0.2, 0) is 0 Å². The molecule has 0 spiro atoms. The summed E-state index contributed by atoms with van der Waals surface area (Å²) in [5, 5.41) is 13.3. The summed E-state index contributed by atoms with van der Waals surface area (Å²) in [6, 6.07) is 7.71. The molecule has 5 heteroatoms. The standard InChI is InChI=1S/C15H20N2O2S/c1-3-19-12-6-4-11(5-7-12)13(8-16)15(18)14-9-20-10(2)17-14/h4-7,9,13,15,18H,3,8,16H2,1-2H3. The van der Waals surface area contributed by atoms with E-state index in [2.05, 4.69) is 4.98 Å². The fraction of sp³-hybridized carbons (Fsp3) is 0.400. The molecule has 2 rings (SSSR count). The van der Waals surface area contributed by atoms with Gasteiger partial charge >= 0.3 is 0 Å². The molecule has 20 heavy (non-hydrogen) atoms. The smallest absolute Gasteiger partial charge is 0.119 e. The van der Waals surface area contributed by atoms with Crippen molar-refractivity contribution in [1.29, 1.82) is 0 Å². The summed E-state index contributed by atoms with van der Waals surface area (Å²) < 4.78 is 5.42. The normalized spacial score (nSPS) is 14.0. The van der Waals surface area contributed by atoms with Crippen LogP contribution in [0.2, 0.25) is 0 Å². The molecule has 0 aliphatic heterocycles. The van der Waals surface area contributed by atoms with Crippen LogP contribution in [0.15, 0.2) is 29.6 Å². The average molecular weight is 292 g/mol. The minimum atomic E-state index is -0.678. The fourth-order valence-corrected chi connectivity index (χ4v) is 2.79. The molecule has 1 aromatic heterocycles. The van der Waals surface area contributed by atoms with Crippen LogP contribution in [0.3, 0.4) is 0 Å². The maximum absolute atomic E-state index is 10.5. The van der Waals surface area contributed by atoms with Crippen LogP contribution in [0.25, 0.3) is 0 Å². The van der Waals surface area contributed by atoms with Crippen molar-refractivity contribution in [2.45, 2.75) is 25.9 Å². The van der Waals surface area contributed by atoms with Crippen molar-refractivity contribution in [3.05, 3.63) is 45.9 Å². The molecule has 0 aliphatic rings. The van der Waals surface area contributed by atoms with Gasteiger partial charge in [-0.25, -0.2) is 4.98 Å². The van der Waals surface area contributed by atoms with E-state index < -0.39 is 6.10 Å². The van der Waals surface area contributed by atoms with Crippen molar-refractivity contribution in [3.8, 4) is 5.75 Å². The largest absolute Gasteiger partial charge is 0.494 e. The molecule has 2 aromatic rings. The summed E-state index contributed by atoms with van der Waals surface area (Å²) in [7, 11) is 0. The predicted octanol–water partition coefficient (Wildman–Crippen LogP) is 2.63. The first-order chi connectivity index (χ1) is 9.65. The number of aryl methyl sites for hydroxylation is 1. The highest BCUT2D eigenvalue weighted by Crippen LogP contribution is 2.31. The second-order valence-corrected chi connectivity index (χ2v) is 5.64. The molecule has 0 saturated carbocycles. The van der Waals surface area contributed by atoms with E-state index in [9.17, 15) is 5.11 Å². The van der Waals surface area contributed by atoms with Crippen LogP contribution in [-0.4, -0.2) is 23.2 Å². The third-order valence-corrected chi connectivity index (χ3v) is 3.99. The van der Waals surface area contributed by atoms with Gasteiger partial charge in [-0.05, 0) is 31.5 Å². The lowest BCUT2D eigenvalue weighted by atomic mass is 9.92. The van der Waals surface area contributed by atoms with E-state index in [-0.39, 0.29) is 5.92 Å². The van der Waals surface area contributed by atoms with Crippen LogP contribution < -0.4 is 10.5 Å². The maximum atomic E-state index is 10.5. The molecule has 2 atom stereocenters. The van der Waals surface area contributed by atoms with Crippen LogP contribution in [0.1, 0.15) is 35.2 Å². The van der Waals surface area contributed by atoms with Crippen molar-refractivity contribution in [3.63, 3.8) is 0 Å². The predicted molar refractivity (Wildman–Crippen MR) is 81.2 cm³/mol.